The summed E-state index contributed by atoms with van der Waals surface area (Å²) in [4.78, 5) is 55.9. The number of amides is 3. The number of nitrogens with zero attached hydrogens (tertiary/aromatic N) is 2. The molecule has 3 amide bonds. The van der Waals surface area contributed by atoms with E-state index in [-0.39, 0.29) is 17.5 Å². The summed E-state index contributed by atoms with van der Waals surface area (Å²) in [5, 5.41) is 3.61. The molecular formula is C24H19N3O5. The first kappa shape index (κ1) is 20.9. The molecule has 8 heteroatoms. The number of benzene rings is 2. The number of rotatable bonds is 6. The average Bonchev–Trinajstić information content (AvgIpc) is 3.07. The van der Waals surface area contributed by atoms with Crippen molar-refractivity contribution >= 4 is 40.3 Å². The summed E-state index contributed by atoms with van der Waals surface area (Å²) < 4.78 is 4.57. The monoisotopic (exact) mass is 429 g/mol. The molecule has 2 heterocycles. The van der Waals surface area contributed by atoms with Crippen molar-refractivity contribution in [3.63, 3.8) is 0 Å². The van der Waals surface area contributed by atoms with Gasteiger partial charge < -0.3 is 10.1 Å². The molecule has 0 saturated carbocycles. The van der Waals surface area contributed by atoms with Crippen molar-refractivity contribution in [3.8, 4) is 0 Å². The number of carbonyl (C=O) groups excluding carboxylic acids is 4. The Hall–Kier alpha value is -4.33. The Bertz CT molecular complexity index is 1230. The zero-order valence-electron chi connectivity index (χ0n) is 17.1. The fraction of sp³-hybridized carbons (Fsp3) is 0.125. The third-order valence-corrected chi connectivity index (χ3v) is 5.14. The van der Waals surface area contributed by atoms with Crippen LogP contribution in [0.2, 0.25) is 0 Å². The molecule has 0 radical (unpaired) electrons. The molecule has 0 unspecified atom stereocenters. The van der Waals surface area contributed by atoms with Crippen LogP contribution in [0.25, 0.3) is 10.9 Å². The standard InChI is InChI=1S/C24H19N3O5/c1-32-20(28)13-5-12-19(27-23(30)16-9-2-3-10-17(16)24(27)31)22(29)26-18-11-4-7-15-8-6-14-25-21(15)18/h2-11,13-14,19H,12H2,1H3,(H,26,29)/b13-5+/t19-/m0/s1. The average molecular weight is 429 g/mol. The second-order valence-electron chi connectivity index (χ2n) is 7.07. The predicted octanol–water partition coefficient (Wildman–Crippen LogP) is 2.96. The fourth-order valence-corrected chi connectivity index (χ4v) is 3.60. The Balaban J connectivity index is 1.67. The molecule has 32 heavy (non-hydrogen) atoms. The normalized spacial score (nSPS) is 14.0. The summed E-state index contributed by atoms with van der Waals surface area (Å²) in [6, 6.07) is 14.2. The first-order valence-corrected chi connectivity index (χ1v) is 9.87. The molecule has 4 rings (SSSR count). The van der Waals surface area contributed by atoms with E-state index in [0.29, 0.717) is 11.2 Å². The van der Waals surface area contributed by atoms with Crippen LogP contribution in [0, 0.1) is 0 Å². The molecule has 1 N–H and O–H groups in total. The van der Waals surface area contributed by atoms with E-state index in [1.165, 1.54) is 13.2 Å². The van der Waals surface area contributed by atoms with E-state index in [1.807, 2.05) is 12.1 Å². The van der Waals surface area contributed by atoms with Gasteiger partial charge in [-0.2, -0.15) is 0 Å². The maximum Gasteiger partial charge on any atom is 0.330 e. The minimum atomic E-state index is -1.18. The van der Waals surface area contributed by atoms with Crippen molar-refractivity contribution in [1.82, 2.24) is 9.88 Å². The summed E-state index contributed by atoms with van der Waals surface area (Å²) in [5.41, 5.74) is 1.50. The lowest BCUT2D eigenvalue weighted by Crippen LogP contribution is -2.47. The van der Waals surface area contributed by atoms with Crippen LogP contribution in [0.1, 0.15) is 27.1 Å². The number of ether oxygens (including phenoxy) is 1. The number of esters is 1. The minimum Gasteiger partial charge on any atom is -0.466 e. The van der Waals surface area contributed by atoms with Crippen LogP contribution < -0.4 is 5.32 Å². The SMILES string of the molecule is COC(=O)/C=C/C[C@@H](C(=O)Nc1cccc2cccnc12)N1C(=O)c2ccccc2C1=O. The maximum absolute atomic E-state index is 13.3. The highest BCUT2D eigenvalue weighted by Crippen LogP contribution is 2.27. The molecule has 2 aromatic carbocycles. The number of imide groups is 1. The summed E-state index contributed by atoms with van der Waals surface area (Å²) >= 11 is 0. The number of hydrogen-bond acceptors (Lipinski definition) is 6. The highest BCUT2D eigenvalue weighted by molar-refractivity contribution is 6.23. The molecule has 1 aliphatic heterocycles. The molecule has 1 aromatic heterocycles. The summed E-state index contributed by atoms with van der Waals surface area (Å²) in [6.07, 6.45) is 4.10. The van der Waals surface area contributed by atoms with Gasteiger partial charge in [0, 0.05) is 17.7 Å². The van der Waals surface area contributed by atoms with Gasteiger partial charge in [0.25, 0.3) is 11.8 Å². The molecular weight excluding hydrogens is 410 g/mol. The van der Waals surface area contributed by atoms with Gasteiger partial charge in [-0.1, -0.05) is 36.4 Å². The van der Waals surface area contributed by atoms with Crippen LogP contribution in [0.4, 0.5) is 5.69 Å². The summed E-state index contributed by atoms with van der Waals surface area (Å²) in [5.74, 6) is -2.31. The van der Waals surface area contributed by atoms with E-state index in [1.54, 1.807) is 48.7 Å². The Morgan fingerprint density at radius 1 is 1.03 bits per heavy atom. The Morgan fingerprint density at radius 3 is 2.41 bits per heavy atom. The molecule has 0 spiro atoms. The molecule has 0 bridgehead atoms. The van der Waals surface area contributed by atoms with E-state index in [4.69, 9.17) is 0 Å². The number of aromatic nitrogens is 1. The van der Waals surface area contributed by atoms with E-state index in [2.05, 4.69) is 15.0 Å². The van der Waals surface area contributed by atoms with Crippen LogP contribution in [0.15, 0.2) is 72.9 Å². The first-order chi connectivity index (χ1) is 15.5. The van der Waals surface area contributed by atoms with Crippen molar-refractivity contribution in [1.29, 1.82) is 0 Å². The number of hydrogen-bond donors (Lipinski definition) is 1. The zero-order valence-corrected chi connectivity index (χ0v) is 17.1. The third kappa shape index (κ3) is 3.85. The van der Waals surface area contributed by atoms with Crippen molar-refractivity contribution in [2.45, 2.75) is 12.5 Å². The third-order valence-electron chi connectivity index (χ3n) is 5.14. The van der Waals surface area contributed by atoms with Gasteiger partial charge in [-0.25, -0.2) is 4.79 Å². The Kier molecular flexibility index (Phi) is 5.76. The highest BCUT2D eigenvalue weighted by atomic mass is 16.5. The van der Waals surface area contributed by atoms with Gasteiger partial charge in [-0.05, 0) is 30.7 Å². The van der Waals surface area contributed by atoms with E-state index >= 15 is 0 Å². The zero-order chi connectivity index (χ0) is 22.7. The van der Waals surface area contributed by atoms with Gasteiger partial charge in [0.1, 0.15) is 6.04 Å². The van der Waals surface area contributed by atoms with Gasteiger partial charge in [0.2, 0.25) is 5.91 Å². The van der Waals surface area contributed by atoms with Crippen LogP contribution in [0.5, 0.6) is 0 Å². The number of carbonyl (C=O) groups is 4. The van der Waals surface area contributed by atoms with E-state index in [0.717, 1.165) is 16.4 Å². The molecule has 160 valence electrons. The van der Waals surface area contributed by atoms with Crippen LogP contribution in [-0.4, -0.2) is 46.7 Å². The number of nitrogens with one attached hydrogen (secondary N) is 1. The lowest BCUT2D eigenvalue weighted by atomic mass is 10.1. The van der Waals surface area contributed by atoms with Crippen LogP contribution in [0.3, 0.4) is 0 Å². The smallest absolute Gasteiger partial charge is 0.330 e. The molecule has 0 saturated heterocycles. The Labute approximate surface area is 183 Å². The fourth-order valence-electron chi connectivity index (χ4n) is 3.60. The molecule has 0 fully saturated rings. The lowest BCUT2D eigenvalue weighted by molar-refractivity contribution is -0.134. The molecule has 8 nitrogen and oxygen atoms in total. The van der Waals surface area contributed by atoms with Crippen molar-refractivity contribution in [3.05, 3.63) is 84.1 Å². The number of fused-ring (bicyclic) bond motifs is 2. The topological polar surface area (TPSA) is 106 Å². The molecule has 1 atom stereocenters. The van der Waals surface area contributed by atoms with Gasteiger partial charge in [0.05, 0.1) is 29.4 Å². The van der Waals surface area contributed by atoms with Crippen LogP contribution in [-0.2, 0) is 14.3 Å². The molecule has 3 aromatic rings. The quantitative estimate of drug-likeness (QED) is 0.367. The van der Waals surface area contributed by atoms with Gasteiger partial charge >= 0.3 is 5.97 Å². The maximum atomic E-state index is 13.3. The molecule has 0 aliphatic carbocycles. The number of anilines is 1. The van der Waals surface area contributed by atoms with Crippen molar-refractivity contribution < 1.29 is 23.9 Å². The van der Waals surface area contributed by atoms with E-state index in [9.17, 15) is 19.2 Å². The summed E-state index contributed by atoms with van der Waals surface area (Å²) in [7, 11) is 1.23. The van der Waals surface area contributed by atoms with Crippen molar-refractivity contribution in [2.75, 3.05) is 12.4 Å². The Morgan fingerprint density at radius 2 is 1.72 bits per heavy atom. The first-order valence-electron chi connectivity index (χ1n) is 9.87. The predicted molar refractivity (Wildman–Crippen MR) is 117 cm³/mol. The van der Waals surface area contributed by atoms with Gasteiger partial charge in [-0.15, -0.1) is 0 Å². The van der Waals surface area contributed by atoms with Crippen LogP contribution >= 0.6 is 0 Å². The van der Waals surface area contributed by atoms with Crippen molar-refractivity contribution in [2.24, 2.45) is 0 Å². The van der Waals surface area contributed by atoms with E-state index < -0.39 is 29.7 Å². The largest absolute Gasteiger partial charge is 0.466 e. The second-order valence-corrected chi connectivity index (χ2v) is 7.07. The summed E-state index contributed by atoms with van der Waals surface area (Å²) in [6.45, 7) is 0. The number of para-hydroxylation sites is 1. The molecule has 1 aliphatic rings. The van der Waals surface area contributed by atoms with Gasteiger partial charge in [0.15, 0.2) is 0 Å². The number of methoxy groups -OCH3 is 1. The highest BCUT2D eigenvalue weighted by Gasteiger charge is 2.42. The minimum absolute atomic E-state index is 0.0649. The second kappa shape index (κ2) is 8.81. The lowest BCUT2D eigenvalue weighted by Gasteiger charge is -2.24. The van der Waals surface area contributed by atoms with Gasteiger partial charge in [-0.3, -0.25) is 24.3 Å². The number of pyridine rings is 1.